The first kappa shape index (κ1) is 11.6. The molecule has 0 saturated heterocycles. The number of nitrogens with one attached hydrogen (secondary N) is 1. The zero-order valence-corrected chi connectivity index (χ0v) is 9.50. The molecule has 1 aromatic carbocycles. The van der Waals surface area contributed by atoms with E-state index >= 15 is 0 Å². The highest BCUT2D eigenvalue weighted by atomic mass is 19.1. The van der Waals surface area contributed by atoms with Crippen molar-refractivity contribution in [1.29, 1.82) is 0 Å². The fourth-order valence-corrected chi connectivity index (χ4v) is 1.57. The van der Waals surface area contributed by atoms with Gasteiger partial charge in [-0.15, -0.1) is 0 Å². The third-order valence-corrected chi connectivity index (χ3v) is 2.49. The molecule has 5 heteroatoms. The lowest BCUT2D eigenvalue weighted by Gasteiger charge is -2.18. The molecule has 0 spiro atoms. The minimum absolute atomic E-state index is 0.146. The van der Waals surface area contributed by atoms with Crippen molar-refractivity contribution in [2.24, 2.45) is 5.10 Å². The lowest BCUT2D eigenvalue weighted by molar-refractivity contribution is -0.120. The highest BCUT2D eigenvalue weighted by Gasteiger charge is 2.17. The van der Waals surface area contributed by atoms with Gasteiger partial charge in [-0.1, -0.05) is 6.92 Å². The molecule has 1 N–H and O–H groups in total. The Morgan fingerprint density at radius 3 is 3.18 bits per heavy atom. The van der Waals surface area contributed by atoms with E-state index in [9.17, 15) is 9.18 Å². The Balaban J connectivity index is 2.25. The average molecular weight is 236 g/mol. The summed E-state index contributed by atoms with van der Waals surface area (Å²) in [5.41, 5.74) is 3.90. The summed E-state index contributed by atoms with van der Waals surface area (Å²) in [7, 11) is 0. The lowest BCUT2D eigenvalue weighted by atomic mass is 10.0. The largest absolute Gasteiger partial charge is 0.492 e. The lowest BCUT2D eigenvalue weighted by Crippen LogP contribution is -2.22. The Morgan fingerprint density at radius 1 is 1.59 bits per heavy atom. The third-order valence-electron chi connectivity index (χ3n) is 2.49. The normalized spacial score (nSPS) is 16.2. The van der Waals surface area contributed by atoms with E-state index in [1.54, 1.807) is 13.0 Å². The van der Waals surface area contributed by atoms with Crippen molar-refractivity contribution in [1.82, 2.24) is 5.43 Å². The number of benzene rings is 1. The molecule has 1 heterocycles. The second-order valence-electron chi connectivity index (χ2n) is 3.69. The molecule has 0 fully saturated rings. The monoisotopic (exact) mass is 236 g/mol. The van der Waals surface area contributed by atoms with Gasteiger partial charge in [0.25, 0.3) is 0 Å². The summed E-state index contributed by atoms with van der Waals surface area (Å²) < 4.78 is 18.3. The number of hydrogen-bond donors (Lipinski definition) is 1. The molecule has 2 rings (SSSR count). The van der Waals surface area contributed by atoms with Crippen molar-refractivity contribution in [3.63, 3.8) is 0 Å². The number of rotatable bonds is 2. The molecule has 1 aliphatic rings. The second-order valence-corrected chi connectivity index (χ2v) is 3.69. The smallest absolute Gasteiger partial charge is 0.239 e. The standard InChI is InChI=1S/C12H13FN2O2/c1-2-12(16)15-14-10-5-6-17-11-7-8(13)3-4-9(10)11/h3-4,7H,2,5-6H2,1H3,(H,15,16)/b14-10+. The molecule has 0 unspecified atom stereocenters. The van der Waals surface area contributed by atoms with E-state index in [1.165, 1.54) is 12.1 Å². The number of ether oxygens (including phenoxy) is 1. The Bertz CT molecular complexity index is 472. The summed E-state index contributed by atoms with van der Waals surface area (Å²) in [6, 6.07) is 4.29. The molecule has 0 aliphatic carbocycles. The van der Waals surface area contributed by atoms with Crippen molar-refractivity contribution in [2.45, 2.75) is 19.8 Å². The molecular weight excluding hydrogens is 223 g/mol. The van der Waals surface area contributed by atoms with Gasteiger partial charge in [-0.2, -0.15) is 5.10 Å². The fraction of sp³-hybridized carbons (Fsp3) is 0.333. The summed E-state index contributed by atoms with van der Waals surface area (Å²) in [4.78, 5) is 11.1. The van der Waals surface area contributed by atoms with Gasteiger partial charge in [0.1, 0.15) is 11.6 Å². The summed E-state index contributed by atoms with van der Waals surface area (Å²) in [5.74, 6) is -0.0176. The van der Waals surface area contributed by atoms with E-state index in [-0.39, 0.29) is 11.7 Å². The van der Waals surface area contributed by atoms with Crippen LogP contribution in [0.3, 0.4) is 0 Å². The molecule has 0 atom stereocenters. The van der Waals surface area contributed by atoms with Gasteiger partial charge in [0, 0.05) is 24.5 Å². The van der Waals surface area contributed by atoms with Crippen LogP contribution in [0.25, 0.3) is 0 Å². The molecule has 1 aromatic rings. The number of amides is 1. The van der Waals surface area contributed by atoms with Gasteiger partial charge in [-0.25, -0.2) is 9.82 Å². The van der Waals surface area contributed by atoms with Gasteiger partial charge >= 0.3 is 0 Å². The van der Waals surface area contributed by atoms with Crippen LogP contribution in [-0.4, -0.2) is 18.2 Å². The maximum atomic E-state index is 13.0. The Morgan fingerprint density at radius 2 is 2.41 bits per heavy atom. The van der Waals surface area contributed by atoms with Crippen molar-refractivity contribution >= 4 is 11.6 Å². The molecular formula is C12H13FN2O2. The number of carbonyl (C=O) groups excluding carboxylic acids is 1. The topological polar surface area (TPSA) is 50.7 Å². The minimum Gasteiger partial charge on any atom is -0.492 e. The summed E-state index contributed by atoms with van der Waals surface area (Å²) >= 11 is 0. The molecule has 4 nitrogen and oxygen atoms in total. The van der Waals surface area contributed by atoms with E-state index in [2.05, 4.69) is 10.5 Å². The molecule has 0 saturated carbocycles. The zero-order chi connectivity index (χ0) is 12.3. The van der Waals surface area contributed by atoms with Gasteiger partial charge in [0.15, 0.2) is 0 Å². The maximum Gasteiger partial charge on any atom is 0.239 e. The Hall–Kier alpha value is -1.91. The predicted molar refractivity (Wildman–Crippen MR) is 61.5 cm³/mol. The van der Waals surface area contributed by atoms with Crippen molar-refractivity contribution in [2.75, 3.05) is 6.61 Å². The van der Waals surface area contributed by atoms with E-state index in [0.29, 0.717) is 30.9 Å². The predicted octanol–water partition coefficient (Wildman–Crippen LogP) is 1.84. The van der Waals surface area contributed by atoms with Crippen LogP contribution >= 0.6 is 0 Å². The van der Waals surface area contributed by atoms with Gasteiger partial charge in [-0.05, 0) is 12.1 Å². The third kappa shape index (κ3) is 2.61. The SMILES string of the molecule is CCC(=O)N/N=C1\CCOc2cc(F)ccc21. The van der Waals surface area contributed by atoms with Crippen LogP contribution in [0.15, 0.2) is 23.3 Å². The first-order chi connectivity index (χ1) is 8.20. The number of nitrogens with zero attached hydrogens (tertiary/aromatic N) is 1. The first-order valence-corrected chi connectivity index (χ1v) is 5.49. The van der Waals surface area contributed by atoms with Crippen LogP contribution < -0.4 is 10.2 Å². The highest BCUT2D eigenvalue weighted by Crippen LogP contribution is 2.25. The van der Waals surface area contributed by atoms with E-state index in [4.69, 9.17) is 4.74 Å². The summed E-state index contributed by atoms with van der Waals surface area (Å²) in [5, 5.41) is 4.04. The fourth-order valence-electron chi connectivity index (χ4n) is 1.57. The van der Waals surface area contributed by atoms with Crippen LogP contribution in [0.2, 0.25) is 0 Å². The van der Waals surface area contributed by atoms with Gasteiger partial charge in [0.05, 0.1) is 12.3 Å². The molecule has 17 heavy (non-hydrogen) atoms. The van der Waals surface area contributed by atoms with Crippen LogP contribution in [0.4, 0.5) is 4.39 Å². The van der Waals surface area contributed by atoms with Crippen molar-refractivity contribution in [3.05, 3.63) is 29.6 Å². The zero-order valence-electron chi connectivity index (χ0n) is 9.50. The van der Waals surface area contributed by atoms with Gasteiger partial charge in [0.2, 0.25) is 5.91 Å². The first-order valence-electron chi connectivity index (χ1n) is 5.49. The average Bonchev–Trinajstić information content (AvgIpc) is 2.35. The number of fused-ring (bicyclic) bond motifs is 1. The van der Waals surface area contributed by atoms with Crippen LogP contribution in [0, 0.1) is 5.82 Å². The molecule has 0 radical (unpaired) electrons. The second kappa shape index (κ2) is 4.95. The van der Waals surface area contributed by atoms with Crippen molar-refractivity contribution in [3.8, 4) is 5.75 Å². The summed E-state index contributed by atoms with van der Waals surface area (Å²) in [6.07, 6.45) is 0.978. The van der Waals surface area contributed by atoms with E-state index < -0.39 is 0 Å². The molecule has 1 amide bonds. The molecule has 1 aliphatic heterocycles. The quantitative estimate of drug-likeness (QED) is 0.796. The van der Waals surface area contributed by atoms with Crippen LogP contribution in [0.5, 0.6) is 5.75 Å². The molecule has 0 bridgehead atoms. The Kier molecular flexibility index (Phi) is 3.37. The van der Waals surface area contributed by atoms with Crippen molar-refractivity contribution < 1.29 is 13.9 Å². The minimum atomic E-state index is -0.345. The number of halogens is 1. The van der Waals surface area contributed by atoms with Gasteiger partial charge < -0.3 is 4.74 Å². The number of hydrazone groups is 1. The van der Waals surface area contributed by atoms with Crippen LogP contribution in [-0.2, 0) is 4.79 Å². The number of hydrogen-bond acceptors (Lipinski definition) is 3. The maximum absolute atomic E-state index is 13.0. The highest BCUT2D eigenvalue weighted by molar-refractivity contribution is 6.04. The van der Waals surface area contributed by atoms with Gasteiger partial charge in [-0.3, -0.25) is 4.79 Å². The molecule has 0 aromatic heterocycles. The number of carbonyl (C=O) groups is 1. The Labute approximate surface area is 98.5 Å². The van der Waals surface area contributed by atoms with E-state index in [1.807, 2.05) is 0 Å². The molecule has 90 valence electrons. The summed E-state index contributed by atoms with van der Waals surface area (Å²) in [6.45, 7) is 2.19. The van der Waals surface area contributed by atoms with Crippen LogP contribution in [0.1, 0.15) is 25.3 Å². The van der Waals surface area contributed by atoms with E-state index in [0.717, 1.165) is 5.56 Å².